The van der Waals surface area contributed by atoms with Crippen molar-refractivity contribution in [1.82, 2.24) is 5.32 Å². The number of nitrogens with one attached hydrogen (secondary N) is 1. The summed E-state index contributed by atoms with van der Waals surface area (Å²) < 4.78 is 0. The molecule has 0 unspecified atom stereocenters. The lowest BCUT2D eigenvalue weighted by Gasteiger charge is -2.17. The van der Waals surface area contributed by atoms with Crippen LogP contribution in [0.4, 0.5) is 0 Å². The second kappa shape index (κ2) is 6.09. The van der Waals surface area contributed by atoms with E-state index in [0.717, 1.165) is 0 Å². The van der Waals surface area contributed by atoms with Crippen LogP contribution in [0.1, 0.15) is 33.1 Å². The van der Waals surface area contributed by atoms with Crippen LogP contribution in [0.3, 0.4) is 0 Å². The lowest BCUT2D eigenvalue weighted by Crippen LogP contribution is -2.33. The Morgan fingerprint density at radius 3 is 2.19 bits per heavy atom. The molecule has 0 aliphatic heterocycles. The molecule has 0 atom stereocenters. The van der Waals surface area contributed by atoms with Crippen molar-refractivity contribution in [3.63, 3.8) is 0 Å². The molecule has 0 radical (unpaired) electrons. The highest BCUT2D eigenvalue weighted by atomic mass is 16.4. The number of hydrogen-bond acceptors (Lipinski definition) is 3. The zero-order chi connectivity index (χ0) is 12.8. The van der Waals surface area contributed by atoms with E-state index in [0.29, 0.717) is 6.42 Å². The molecule has 0 aliphatic carbocycles. The molecule has 0 aliphatic rings. The zero-order valence-electron chi connectivity index (χ0n) is 9.45. The van der Waals surface area contributed by atoms with Gasteiger partial charge < -0.3 is 15.5 Å². The van der Waals surface area contributed by atoms with Crippen LogP contribution in [0.25, 0.3) is 0 Å². The van der Waals surface area contributed by atoms with Gasteiger partial charge in [-0.05, 0) is 20.3 Å². The molecule has 0 fully saturated rings. The Kier molecular flexibility index (Phi) is 5.49. The number of amides is 1. The van der Waals surface area contributed by atoms with Crippen molar-refractivity contribution in [3.8, 4) is 0 Å². The molecule has 0 saturated carbocycles. The van der Waals surface area contributed by atoms with Gasteiger partial charge in [0.2, 0.25) is 5.91 Å². The summed E-state index contributed by atoms with van der Waals surface area (Å²) in [7, 11) is 0. The molecule has 0 aromatic rings. The lowest BCUT2D eigenvalue weighted by atomic mass is 9.89. The molecule has 92 valence electrons. The van der Waals surface area contributed by atoms with Gasteiger partial charge in [-0.15, -0.1) is 0 Å². The first-order valence-electron chi connectivity index (χ1n) is 4.97. The molecular formula is C10H17NO5. The van der Waals surface area contributed by atoms with Crippen LogP contribution < -0.4 is 5.32 Å². The number of aliphatic carboxylic acids is 2. The van der Waals surface area contributed by atoms with Crippen LogP contribution in [-0.2, 0) is 14.4 Å². The first kappa shape index (κ1) is 14.4. The van der Waals surface area contributed by atoms with Gasteiger partial charge in [0.25, 0.3) is 0 Å². The maximum Gasteiger partial charge on any atom is 0.309 e. The van der Waals surface area contributed by atoms with E-state index in [9.17, 15) is 14.4 Å². The standard InChI is InChI=1S/C10H17NO5/c1-10(2,9(15)16)6-7(12)11-5-3-4-8(13)14/h3-6H2,1-2H3,(H,11,12)(H,13,14)(H,15,16). The van der Waals surface area contributed by atoms with E-state index in [-0.39, 0.29) is 25.3 Å². The number of carboxylic acids is 2. The zero-order valence-corrected chi connectivity index (χ0v) is 9.45. The topological polar surface area (TPSA) is 104 Å². The van der Waals surface area contributed by atoms with Crippen LogP contribution >= 0.6 is 0 Å². The van der Waals surface area contributed by atoms with Gasteiger partial charge in [0.15, 0.2) is 0 Å². The van der Waals surface area contributed by atoms with Gasteiger partial charge in [0, 0.05) is 19.4 Å². The van der Waals surface area contributed by atoms with E-state index < -0.39 is 17.4 Å². The third-order valence-corrected chi connectivity index (χ3v) is 2.07. The Morgan fingerprint density at radius 2 is 1.75 bits per heavy atom. The number of carbonyl (C=O) groups is 3. The molecule has 0 aromatic heterocycles. The first-order chi connectivity index (χ1) is 7.25. The van der Waals surface area contributed by atoms with Crippen LogP contribution in [0.5, 0.6) is 0 Å². The van der Waals surface area contributed by atoms with Crippen molar-refractivity contribution in [1.29, 1.82) is 0 Å². The quantitative estimate of drug-likeness (QED) is 0.552. The molecule has 1 amide bonds. The predicted octanol–water partition coefficient (Wildman–Crippen LogP) is 0.468. The van der Waals surface area contributed by atoms with Crippen molar-refractivity contribution in [2.24, 2.45) is 5.41 Å². The van der Waals surface area contributed by atoms with Crippen LogP contribution in [0.2, 0.25) is 0 Å². The molecule has 0 bridgehead atoms. The minimum absolute atomic E-state index is 0.0113. The average Bonchev–Trinajstić information content (AvgIpc) is 2.11. The summed E-state index contributed by atoms with van der Waals surface area (Å²) in [4.78, 5) is 32.2. The van der Waals surface area contributed by atoms with Gasteiger partial charge in [-0.1, -0.05) is 0 Å². The van der Waals surface area contributed by atoms with Crippen molar-refractivity contribution < 1.29 is 24.6 Å². The fraction of sp³-hybridized carbons (Fsp3) is 0.700. The van der Waals surface area contributed by atoms with Crippen molar-refractivity contribution in [3.05, 3.63) is 0 Å². The normalized spacial score (nSPS) is 10.9. The predicted molar refractivity (Wildman–Crippen MR) is 55.9 cm³/mol. The van der Waals surface area contributed by atoms with E-state index in [4.69, 9.17) is 10.2 Å². The first-order valence-corrected chi connectivity index (χ1v) is 4.97. The summed E-state index contributed by atoms with van der Waals surface area (Å²) in [6.07, 6.45) is 0.215. The van der Waals surface area contributed by atoms with Crippen LogP contribution in [0, 0.1) is 5.41 Å². The largest absolute Gasteiger partial charge is 0.481 e. The van der Waals surface area contributed by atoms with Crippen molar-refractivity contribution in [2.45, 2.75) is 33.1 Å². The van der Waals surface area contributed by atoms with E-state index in [1.807, 2.05) is 0 Å². The Labute approximate surface area is 93.6 Å². The number of carbonyl (C=O) groups excluding carboxylic acids is 1. The van der Waals surface area contributed by atoms with Gasteiger partial charge in [-0.25, -0.2) is 0 Å². The SMILES string of the molecule is CC(C)(CC(=O)NCCCC(=O)O)C(=O)O. The Morgan fingerprint density at radius 1 is 1.19 bits per heavy atom. The van der Waals surface area contributed by atoms with Gasteiger partial charge in [-0.2, -0.15) is 0 Å². The molecular weight excluding hydrogens is 214 g/mol. The molecule has 0 aromatic carbocycles. The summed E-state index contributed by atoms with van der Waals surface area (Å²) in [6, 6.07) is 0. The van der Waals surface area contributed by atoms with Gasteiger partial charge >= 0.3 is 11.9 Å². The molecule has 0 heterocycles. The van der Waals surface area contributed by atoms with Crippen LogP contribution in [0.15, 0.2) is 0 Å². The summed E-state index contributed by atoms with van der Waals surface area (Å²) in [6.45, 7) is 3.18. The highest BCUT2D eigenvalue weighted by molar-refractivity contribution is 5.84. The second-order valence-electron chi connectivity index (χ2n) is 4.21. The highest BCUT2D eigenvalue weighted by Gasteiger charge is 2.29. The minimum atomic E-state index is -1.10. The van der Waals surface area contributed by atoms with Gasteiger partial charge in [0.05, 0.1) is 5.41 Å². The third-order valence-electron chi connectivity index (χ3n) is 2.07. The fourth-order valence-corrected chi connectivity index (χ4v) is 1.01. The summed E-state index contributed by atoms with van der Waals surface area (Å²) in [5.41, 5.74) is -1.10. The molecule has 3 N–H and O–H groups in total. The number of rotatable bonds is 7. The molecule has 16 heavy (non-hydrogen) atoms. The molecule has 0 spiro atoms. The van der Waals surface area contributed by atoms with Gasteiger partial charge in [-0.3, -0.25) is 14.4 Å². The smallest absolute Gasteiger partial charge is 0.309 e. The Balaban J connectivity index is 3.83. The fourth-order valence-electron chi connectivity index (χ4n) is 1.01. The Hall–Kier alpha value is -1.59. The van der Waals surface area contributed by atoms with E-state index in [1.54, 1.807) is 0 Å². The molecule has 6 nitrogen and oxygen atoms in total. The molecule has 0 saturated heterocycles. The van der Waals surface area contributed by atoms with Crippen molar-refractivity contribution >= 4 is 17.8 Å². The summed E-state index contributed by atoms with van der Waals surface area (Å²) in [5, 5.41) is 19.6. The minimum Gasteiger partial charge on any atom is -0.481 e. The number of carboxylic acid groups (broad SMARTS) is 2. The van der Waals surface area contributed by atoms with Gasteiger partial charge in [0.1, 0.15) is 0 Å². The third kappa shape index (κ3) is 6.00. The highest BCUT2D eigenvalue weighted by Crippen LogP contribution is 2.19. The molecule has 0 rings (SSSR count). The molecule has 6 heteroatoms. The van der Waals surface area contributed by atoms with E-state index in [1.165, 1.54) is 13.8 Å². The maximum absolute atomic E-state index is 11.3. The van der Waals surface area contributed by atoms with Crippen LogP contribution in [-0.4, -0.2) is 34.6 Å². The Bertz CT molecular complexity index is 285. The summed E-state index contributed by atoms with van der Waals surface area (Å²) >= 11 is 0. The lowest BCUT2D eigenvalue weighted by molar-refractivity contribution is -0.149. The summed E-state index contributed by atoms with van der Waals surface area (Å²) in [5.74, 6) is -2.33. The number of hydrogen-bond donors (Lipinski definition) is 3. The van der Waals surface area contributed by atoms with Crippen molar-refractivity contribution in [2.75, 3.05) is 6.54 Å². The monoisotopic (exact) mass is 231 g/mol. The van der Waals surface area contributed by atoms with E-state index in [2.05, 4.69) is 5.32 Å². The maximum atomic E-state index is 11.3. The van der Waals surface area contributed by atoms with E-state index >= 15 is 0 Å². The second-order valence-corrected chi connectivity index (χ2v) is 4.21. The average molecular weight is 231 g/mol.